The molecule has 5 nitrogen and oxygen atoms in total. The molecule has 0 spiro atoms. The summed E-state index contributed by atoms with van der Waals surface area (Å²) < 4.78 is 5.67. The molecule has 0 aliphatic rings. The molecule has 168 valence electrons. The van der Waals surface area contributed by atoms with Crippen LogP contribution in [0.25, 0.3) is 22.0 Å². The number of nitrogens with zero attached hydrogens (tertiary/aromatic N) is 1. The van der Waals surface area contributed by atoms with E-state index in [1.807, 2.05) is 18.2 Å². The molecule has 1 amide bonds. The first-order chi connectivity index (χ1) is 13.9. The number of halogens is 2. The fourth-order valence-electron chi connectivity index (χ4n) is 3.47. The second-order valence-electron chi connectivity index (χ2n) is 7.72. The van der Waals surface area contributed by atoms with Crippen LogP contribution in [0.4, 0.5) is 0 Å². The maximum atomic E-state index is 11.6. The minimum Gasteiger partial charge on any atom is -0.484 e. The number of hydrogen-bond donors (Lipinski definition) is 2. The molecule has 0 fully saturated rings. The van der Waals surface area contributed by atoms with Gasteiger partial charge in [-0.3, -0.25) is 9.78 Å². The van der Waals surface area contributed by atoms with Crippen molar-refractivity contribution in [1.82, 2.24) is 10.3 Å². The molecule has 0 aliphatic carbocycles. The Balaban J connectivity index is 0.00000240. The first-order valence-corrected chi connectivity index (χ1v) is 9.99. The Hall–Kier alpha value is -2.34. The summed E-state index contributed by atoms with van der Waals surface area (Å²) in [7, 11) is 1.59. The van der Waals surface area contributed by atoms with Crippen molar-refractivity contribution in [3.63, 3.8) is 0 Å². The van der Waals surface area contributed by atoms with E-state index < -0.39 is 0 Å². The van der Waals surface area contributed by atoms with Crippen molar-refractivity contribution >= 4 is 41.6 Å². The highest BCUT2D eigenvalue weighted by Crippen LogP contribution is 2.35. The zero-order chi connectivity index (χ0) is 21.0. The van der Waals surface area contributed by atoms with E-state index >= 15 is 0 Å². The second-order valence-corrected chi connectivity index (χ2v) is 7.72. The molecular formula is C24H31Cl2N3O2. The van der Waals surface area contributed by atoms with E-state index in [1.165, 1.54) is 5.56 Å². The van der Waals surface area contributed by atoms with Gasteiger partial charge in [0.25, 0.3) is 5.91 Å². The van der Waals surface area contributed by atoms with E-state index in [0.717, 1.165) is 39.7 Å². The monoisotopic (exact) mass is 463 g/mol. The summed E-state index contributed by atoms with van der Waals surface area (Å²) in [5.41, 5.74) is 12.6. The highest BCUT2D eigenvalue weighted by Gasteiger charge is 2.17. The van der Waals surface area contributed by atoms with Crippen LogP contribution in [0.5, 0.6) is 5.75 Å². The maximum absolute atomic E-state index is 11.6. The van der Waals surface area contributed by atoms with Gasteiger partial charge in [-0.1, -0.05) is 43.7 Å². The number of benzene rings is 2. The third kappa shape index (κ3) is 6.33. The summed E-state index contributed by atoms with van der Waals surface area (Å²) in [5, 5.41) is 3.55. The second kappa shape index (κ2) is 11.9. The predicted octanol–water partition coefficient (Wildman–Crippen LogP) is 4.84. The largest absolute Gasteiger partial charge is 0.484 e. The van der Waals surface area contributed by atoms with Gasteiger partial charge in [0.2, 0.25) is 0 Å². The molecule has 1 heterocycles. The van der Waals surface area contributed by atoms with Gasteiger partial charge in [0, 0.05) is 24.7 Å². The zero-order valence-electron chi connectivity index (χ0n) is 18.4. The van der Waals surface area contributed by atoms with Gasteiger partial charge in [0.15, 0.2) is 6.61 Å². The number of rotatable bonds is 7. The molecule has 7 heteroatoms. The number of likely N-dealkylation sites (N-methyl/N-ethyl adjacent to an activating group) is 1. The topological polar surface area (TPSA) is 77.2 Å². The molecular weight excluding hydrogens is 433 g/mol. The van der Waals surface area contributed by atoms with E-state index in [9.17, 15) is 4.79 Å². The standard InChI is InChI=1S/C24H29N3O2.2ClH/c1-15(2)11-22-20(13-25)24(17-7-5-16(3)6-8-17)19-12-18(9-10-21(19)27-22)29-14-23(28)26-4;;/h5-10,12,15H,11,13-14,25H2,1-4H3,(H,26,28);2*1H. The van der Waals surface area contributed by atoms with Crippen LogP contribution in [0.1, 0.15) is 30.7 Å². The first kappa shape index (κ1) is 26.7. The Bertz CT molecular complexity index is 1020. The summed E-state index contributed by atoms with van der Waals surface area (Å²) in [5.74, 6) is 0.944. The van der Waals surface area contributed by atoms with Crippen LogP contribution in [0.2, 0.25) is 0 Å². The lowest BCUT2D eigenvalue weighted by Crippen LogP contribution is -2.24. The van der Waals surface area contributed by atoms with Gasteiger partial charge in [-0.05, 0) is 54.2 Å². The molecule has 0 bridgehead atoms. The van der Waals surface area contributed by atoms with Gasteiger partial charge < -0.3 is 15.8 Å². The molecule has 3 N–H and O–H groups in total. The Morgan fingerprint density at radius 1 is 1.13 bits per heavy atom. The maximum Gasteiger partial charge on any atom is 0.257 e. The number of nitrogens with two attached hydrogens (primary N) is 1. The van der Waals surface area contributed by atoms with Crippen LogP contribution >= 0.6 is 24.8 Å². The highest BCUT2D eigenvalue weighted by atomic mass is 35.5. The number of fused-ring (bicyclic) bond motifs is 1. The number of ether oxygens (including phenoxy) is 1. The molecule has 31 heavy (non-hydrogen) atoms. The van der Waals surface area contributed by atoms with Crippen molar-refractivity contribution in [3.8, 4) is 16.9 Å². The van der Waals surface area contributed by atoms with E-state index in [4.69, 9.17) is 15.5 Å². The molecule has 0 atom stereocenters. The van der Waals surface area contributed by atoms with E-state index in [1.54, 1.807) is 7.05 Å². The number of amides is 1. The molecule has 3 rings (SSSR count). The van der Waals surface area contributed by atoms with Gasteiger partial charge in [0.1, 0.15) is 5.75 Å². The highest BCUT2D eigenvalue weighted by molar-refractivity contribution is 5.97. The molecule has 2 aromatic carbocycles. The fraction of sp³-hybridized carbons (Fsp3) is 0.333. The first-order valence-electron chi connectivity index (χ1n) is 9.99. The lowest BCUT2D eigenvalue weighted by atomic mass is 9.91. The van der Waals surface area contributed by atoms with Crippen LogP contribution in [0.15, 0.2) is 42.5 Å². The van der Waals surface area contributed by atoms with Crippen molar-refractivity contribution in [2.24, 2.45) is 11.7 Å². The minimum atomic E-state index is -0.170. The third-order valence-electron chi connectivity index (χ3n) is 4.94. The molecule has 3 aromatic rings. The average molecular weight is 464 g/mol. The number of aromatic nitrogens is 1. The smallest absolute Gasteiger partial charge is 0.257 e. The van der Waals surface area contributed by atoms with Crippen molar-refractivity contribution in [1.29, 1.82) is 0 Å². The Morgan fingerprint density at radius 2 is 1.81 bits per heavy atom. The number of aryl methyl sites for hydroxylation is 1. The van der Waals surface area contributed by atoms with Gasteiger partial charge in [0.05, 0.1) is 5.52 Å². The summed E-state index contributed by atoms with van der Waals surface area (Å²) in [4.78, 5) is 16.5. The van der Waals surface area contributed by atoms with Crippen LogP contribution in [0.3, 0.4) is 0 Å². The van der Waals surface area contributed by atoms with Crippen molar-refractivity contribution in [2.75, 3.05) is 13.7 Å². The minimum absolute atomic E-state index is 0. The molecule has 0 aliphatic heterocycles. The SMILES string of the molecule is CNC(=O)COc1ccc2nc(CC(C)C)c(CN)c(-c3ccc(C)cc3)c2c1.Cl.Cl. The molecule has 0 saturated heterocycles. The Morgan fingerprint density at radius 3 is 2.39 bits per heavy atom. The van der Waals surface area contributed by atoms with E-state index in [2.05, 4.69) is 50.4 Å². The number of pyridine rings is 1. The Kier molecular flexibility index (Phi) is 10.2. The number of carbonyl (C=O) groups excluding carboxylic acids is 1. The van der Waals surface area contributed by atoms with Crippen LogP contribution < -0.4 is 15.8 Å². The van der Waals surface area contributed by atoms with Crippen molar-refractivity contribution < 1.29 is 9.53 Å². The predicted molar refractivity (Wildman–Crippen MR) is 132 cm³/mol. The van der Waals surface area contributed by atoms with Crippen LogP contribution in [-0.4, -0.2) is 24.5 Å². The van der Waals surface area contributed by atoms with Gasteiger partial charge >= 0.3 is 0 Å². The van der Waals surface area contributed by atoms with Crippen LogP contribution in [0, 0.1) is 12.8 Å². The van der Waals surface area contributed by atoms with E-state index in [-0.39, 0.29) is 37.3 Å². The average Bonchev–Trinajstić information content (AvgIpc) is 2.71. The van der Waals surface area contributed by atoms with Gasteiger partial charge in [-0.2, -0.15) is 0 Å². The molecule has 1 aromatic heterocycles. The van der Waals surface area contributed by atoms with Gasteiger partial charge in [-0.25, -0.2) is 0 Å². The zero-order valence-corrected chi connectivity index (χ0v) is 20.0. The summed E-state index contributed by atoms with van der Waals surface area (Å²) in [6.45, 7) is 6.84. The lowest BCUT2D eigenvalue weighted by Gasteiger charge is -2.18. The quantitative estimate of drug-likeness (QED) is 0.525. The summed E-state index contributed by atoms with van der Waals surface area (Å²) >= 11 is 0. The van der Waals surface area contributed by atoms with Crippen LogP contribution in [-0.2, 0) is 17.8 Å². The number of carbonyl (C=O) groups is 1. The van der Waals surface area contributed by atoms with Crippen molar-refractivity contribution in [3.05, 3.63) is 59.3 Å². The third-order valence-corrected chi connectivity index (χ3v) is 4.94. The fourth-order valence-corrected chi connectivity index (χ4v) is 3.47. The Labute approximate surface area is 196 Å². The molecule has 0 saturated carbocycles. The van der Waals surface area contributed by atoms with Gasteiger partial charge in [-0.15, -0.1) is 24.8 Å². The lowest BCUT2D eigenvalue weighted by molar-refractivity contribution is -0.122. The molecule has 0 unspecified atom stereocenters. The number of nitrogens with one attached hydrogen (secondary N) is 1. The molecule has 0 radical (unpaired) electrons. The normalized spacial score (nSPS) is 10.4. The number of hydrogen-bond acceptors (Lipinski definition) is 4. The van der Waals surface area contributed by atoms with Crippen molar-refractivity contribution in [2.45, 2.75) is 33.7 Å². The van der Waals surface area contributed by atoms with E-state index in [0.29, 0.717) is 18.2 Å². The summed E-state index contributed by atoms with van der Waals surface area (Å²) in [6, 6.07) is 14.2. The summed E-state index contributed by atoms with van der Waals surface area (Å²) in [6.07, 6.45) is 0.871.